The minimum atomic E-state index is -3.89. The fourth-order valence-electron chi connectivity index (χ4n) is 1.69. The van der Waals surface area contributed by atoms with Crippen molar-refractivity contribution in [3.8, 4) is 0 Å². The lowest BCUT2D eigenvalue weighted by Gasteiger charge is -2.10. The second-order valence-electron chi connectivity index (χ2n) is 4.78. The predicted molar refractivity (Wildman–Crippen MR) is 83.8 cm³/mol. The summed E-state index contributed by atoms with van der Waals surface area (Å²) in [6, 6.07) is 3.85. The van der Waals surface area contributed by atoms with Crippen molar-refractivity contribution in [2.75, 3.05) is 27.2 Å². The molecule has 0 aliphatic heterocycles. The molecule has 0 fully saturated rings. The second-order valence-corrected chi connectivity index (χ2v) is 7.43. The van der Waals surface area contributed by atoms with Crippen LogP contribution >= 0.6 is 15.9 Å². The lowest BCUT2D eigenvalue weighted by molar-refractivity contribution is -0.387. The highest BCUT2D eigenvalue weighted by atomic mass is 79.9. The molecule has 0 unspecified atom stereocenters. The van der Waals surface area contributed by atoms with E-state index in [9.17, 15) is 18.5 Å². The monoisotopic (exact) mass is 379 g/mol. The summed E-state index contributed by atoms with van der Waals surface area (Å²) in [5, 5.41) is 10.9. The number of unbranched alkanes of at least 4 members (excludes halogenated alkanes) is 1. The summed E-state index contributed by atoms with van der Waals surface area (Å²) in [6.45, 7) is 1.11. The molecule has 0 aromatic heterocycles. The molecule has 0 bridgehead atoms. The third-order valence-corrected chi connectivity index (χ3v) is 4.72. The zero-order chi connectivity index (χ0) is 16.0. The topological polar surface area (TPSA) is 92.6 Å². The first kappa shape index (κ1) is 18.0. The first-order valence-corrected chi connectivity index (χ1v) is 8.60. The van der Waals surface area contributed by atoms with Crippen LogP contribution in [0.15, 0.2) is 27.6 Å². The summed E-state index contributed by atoms with van der Waals surface area (Å²) < 4.78 is 27.2. The van der Waals surface area contributed by atoms with Crippen LogP contribution in [0.4, 0.5) is 5.69 Å². The van der Waals surface area contributed by atoms with E-state index in [2.05, 4.69) is 20.7 Å². The molecule has 0 amide bonds. The Labute approximate surface area is 132 Å². The number of hydrogen-bond acceptors (Lipinski definition) is 5. The van der Waals surface area contributed by atoms with Gasteiger partial charge in [0.1, 0.15) is 0 Å². The van der Waals surface area contributed by atoms with E-state index in [0.717, 1.165) is 13.0 Å². The van der Waals surface area contributed by atoms with Crippen LogP contribution in [0, 0.1) is 10.1 Å². The van der Waals surface area contributed by atoms with Gasteiger partial charge in [0.25, 0.3) is 5.69 Å². The molecule has 0 saturated heterocycles. The van der Waals surface area contributed by atoms with Crippen molar-refractivity contribution in [2.24, 2.45) is 0 Å². The molecule has 7 nitrogen and oxygen atoms in total. The standard InChI is InChI=1S/C12H18BrN3O4S/c1-15(2)8-4-3-7-14-21(19,20)12-9-10(13)5-6-11(12)16(17)18/h5-6,9,14H,3-4,7-8H2,1-2H3. The van der Waals surface area contributed by atoms with Gasteiger partial charge in [-0.3, -0.25) is 10.1 Å². The Morgan fingerprint density at radius 3 is 2.57 bits per heavy atom. The smallest absolute Gasteiger partial charge is 0.289 e. The van der Waals surface area contributed by atoms with Crippen molar-refractivity contribution in [2.45, 2.75) is 17.7 Å². The largest absolute Gasteiger partial charge is 0.309 e. The number of nitro benzene ring substituents is 1. The molecule has 0 atom stereocenters. The van der Waals surface area contributed by atoms with Gasteiger partial charge in [-0.15, -0.1) is 0 Å². The Morgan fingerprint density at radius 2 is 2.00 bits per heavy atom. The fourth-order valence-corrected chi connectivity index (χ4v) is 3.47. The van der Waals surface area contributed by atoms with Crippen LogP contribution in [0.25, 0.3) is 0 Å². The van der Waals surface area contributed by atoms with E-state index in [0.29, 0.717) is 10.9 Å². The maximum Gasteiger partial charge on any atom is 0.289 e. The van der Waals surface area contributed by atoms with Gasteiger partial charge in [-0.2, -0.15) is 0 Å². The van der Waals surface area contributed by atoms with Crippen LogP contribution < -0.4 is 4.72 Å². The van der Waals surface area contributed by atoms with E-state index in [-0.39, 0.29) is 11.4 Å². The number of nitrogens with zero attached hydrogens (tertiary/aromatic N) is 2. The molecule has 21 heavy (non-hydrogen) atoms. The lowest BCUT2D eigenvalue weighted by atomic mass is 10.3. The summed E-state index contributed by atoms with van der Waals surface area (Å²) >= 11 is 3.13. The van der Waals surface area contributed by atoms with E-state index in [1.165, 1.54) is 18.2 Å². The first-order valence-electron chi connectivity index (χ1n) is 6.32. The van der Waals surface area contributed by atoms with Gasteiger partial charge >= 0.3 is 0 Å². The first-order chi connectivity index (χ1) is 9.74. The van der Waals surface area contributed by atoms with Gasteiger partial charge in [-0.1, -0.05) is 15.9 Å². The highest BCUT2D eigenvalue weighted by Crippen LogP contribution is 2.26. The maximum absolute atomic E-state index is 12.2. The van der Waals surface area contributed by atoms with E-state index >= 15 is 0 Å². The van der Waals surface area contributed by atoms with E-state index < -0.39 is 20.6 Å². The number of benzene rings is 1. The molecule has 1 rings (SSSR count). The van der Waals surface area contributed by atoms with Crippen molar-refractivity contribution in [3.05, 3.63) is 32.8 Å². The van der Waals surface area contributed by atoms with E-state index in [4.69, 9.17) is 0 Å². The number of rotatable bonds is 8. The van der Waals surface area contributed by atoms with Crippen LogP contribution in [0.2, 0.25) is 0 Å². The van der Waals surface area contributed by atoms with Crippen LogP contribution in [0.1, 0.15) is 12.8 Å². The molecule has 0 heterocycles. The number of halogens is 1. The maximum atomic E-state index is 12.2. The van der Waals surface area contributed by atoms with Crippen LogP contribution in [-0.2, 0) is 10.0 Å². The summed E-state index contributed by atoms with van der Waals surface area (Å²) in [4.78, 5) is 11.9. The normalized spacial score (nSPS) is 11.8. The summed E-state index contributed by atoms with van der Waals surface area (Å²) in [5.74, 6) is 0. The molecular weight excluding hydrogens is 362 g/mol. The highest BCUT2D eigenvalue weighted by Gasteiger charge is 2.25. The molecule has 0 spiro atoms. The average molecular weight is 380 g/mol. The van der Waals surface area contributed by atoms with E-state index in [1.807, 2.05) is 19.0 Å². The van der Waals surface area contributed by atoms with Crippen molar-refractivity contribution in [3.63, 3.8) is 0 Å². The SMILES string of the molecule is CN(C)CCCCNS(=O)(=O)c1cc(Br)ccc1[N+](=O)[O-]. The highest BCUT2D eigenvalue weighted by molar-refractivity contribution is 9.10. The quantitative estimate of drug-likeness (QED) is 0.423. The molecule has 0 radical (unpaired) electrons. The molecule has 0 aliphatic carbocycles. The molecule has 9 heteroatoms. The molecule has 0 saturated carbocycles. The van der Waals surface area contributed by atoms with Gasteiger partial charge in [0, 0.05) is 17.1 Å². The Bertz CT molecular complexity index is 605. The van der Waals surface area contributed by atoms with Crippen LogP contribution in [0.3, 0.4) is 0 Å². The third-order valence-electron chi connectivity index (χ3n) is 2.73. The fraction of sp³-hybridized carbons (Fsp3) is 0.500. The van der Waals surface area contributed by atoms with Gasteiger partial charge < -0.3 is 4.90 Å². The molecule has 0 aliphatic rings. The van der Waals surface area contributed by atoms with Crippen molar-refractivity contribution in [1.82, 2.24) is 9.62 Å². The van der Waals surface area contributed by atoms with Crippen molar-refractivity contribution in [1.29, 1.82) is 0 Å². The lowest BCUT2D eigenvalue weighted by Crippen LogP contribution is -2.26. The Hall–Kier alpha value is -1.03. The van der Waals surface area contributed by atoms with Crippen LogP contribution in [-0.4, -0.2) is 45.4 Å². The predicted octanol–water partition coefficient (Wildman–Crippen LogP) is 1.98. The average Bonchev–Trinajstić information content (AvgIpc) is 2.37. The van der Waals surface area contributed by atoms with Gasteiger partial charge in [0.15, 0.2) is 4.90 Å². The molecule has 1 N–H and O–H groups in total. The van der Waals surface area contributed by atoms with Gasteiger partial charge in [-0.25, -0.2) is 13.1 Å². The van der Waals surface area contributed by atoms with Gasteiger partial charge in [-0.05, 0) is 45.6 Å². The molecule has 118 valence electrons. The molecular formula is C12H18BrN3O4S. The molecule has 1 aromatic carbocycles. The van der Waals surface area contributed by atoms with Gasteiger partial charge in [0.05, 0.1) is 4.92 Å². The summed E-state index contributed by atoms with van der Waals surface area (Å²) in [7, 11) is -0.0154. The van der Waals surface area contributed by atoms with E-state index in [1.54, 1.807) is 0 Å². The number of nitrogens with one attached hydrogen (secondary N) is 1. The van der Waals surface area contributed by atoms with Gasteiger partial charge in [0.2, 0.25) is 10.0 Å². The Kier molecular flexibility index (Phi) is 6.72. The Balaban J connectivity index is 2.79. The summed E-state index contributed by atoms with van der Waals surface area (Å²) in [5.41, 5.74) is -0.431. The van der Waals surface area contributed by atoms with Crippen molar-refractivity contribution < 1.29 is 13.3 Å². The minimum absolute atomic E-state index is 0.250. The summed E-state index contributed by atoms with van der Waals surface area (Å²) in [6.07, 6.45) is 1.51. The Morgan fingerprint density at radius 1 is 1.33 bits per heavy atom. The number of sulfonamides is 1. The minimum Gasteiger partial charge on any atom is -0.309 e. The van der Waals surface area contributed by atoms with Crippen LogP contribution in [0.5, 0.6) is 0 Å². The molecule has 1 aromatic rings. The third kappa shape index (κ3) is 5.70. The zero-order valence-electron chi connectivity index (χ0n) is 11.9. The van der Waals surface area contributed by atoms with Crippen molar-refractivity contribution >= 4 is 31.6 Å². The second kappa shape index (κ2) is 7.83. The zero-order valence-corrected chi connectivity index (χ0v) is 14.3. The number of hydrogen-bond donors (Lipinski definition) is 1. The number of nitro groups is 1.